The molecule has 0 atom stereocenters. The molecule has 0 spiro atoms. The standard InChI is InChI=1S/C15H15BO3/c1-2-11-19-15-13(12-7-4-3-5-8-12)9-6-10-14(15)16(17)18/h2-10,17-18H,1,11H2. The van der Waals surface area contributed by atoms with Gasteiger partial charge in [-0.05, 0) is 5.56 Å². The Morgan fingerprint density at radius 2 is 1.79 bits per heavy atom. The molecule has 2 rings (SSSR count). The Morgan fingerprint density at radius 3 is 2.42 bits per heavy atom. The van der Waals surface area contributed by atoms with Crippen molar-refractivity contribution < 1.29 is 14.8 Å². The van der Waals surface area contributed by atoms with E-state index in [0.29, 0.717) is 17.8 Å². The summed E-state index contributed by atoms with van der Waals surface area (Å²) in [5.41, 5.74) is 2.14. The van der Waals surface area contributed by atoms with Crippen LogP contribution in [0.25, 0.3) is 11.1 Å². The molecule has 4 heteroatoms. The van der Waals surface area contributed by atoms with Crippen LogP contribution in [0, 0.1) is 0 Å². The summed E-state index contributed by atoms with van der Waals surface area (Å²) in [6.07, 6.45) is 1.62. The highest BCUT2D eigenvalue weighted by Gasteiger charge is 2.20. The molecule has 0 aromatic heterocycles. The van der Waals surface area contributed by atoms with Crippen molar-refractivity contribution in [1.82, 2.24) is 0 Å². The summed E-state index contributed by atoms with van der Waals surface area (Å²) < 4.78 is 5.60. The molecule has 2 N–H and O–H groups in total. The maximum Gasteiger partial charge on any atom is 0.492 e. The first-order valence-corrected chi connectivity index (χ1v) is 6.02. The predicted octanol–water partition coefficient (Wildman–Crippen LogP) is 1.60. The van der Waals surface area contributed by atoms with E-state index in [4.69, 9.17) is 4.74 Å². The van der Waals surface area contributed by atoms with Crippen molar-refractivity contribution in [3.8, 4) is 16.9 Å². The molecule has 0 fully saturated rings. The van der Waals surface area contributed by atoms with E-state index in [1.807, 2.05) is 36.4 Å². The molecule has 19 heavy (non-hydrogen) atoms. The maximum atomic E-state index is 9.42. The van der Waals surface area contributed by atoms with E-state index in [-0.39, 0.29) is 0 Å². The summed E-state index contributed by atoms with van der Waals surface area (Å²) in [4.78, 5) is 0. The van der Waals surface area contributed by atoms with Gasteiger partial charge in [-0.3, -0.25) is 0 Å². The fraction of sp³-hybridized carbons (Fsp3) is 0.0667. The van der Waals surface area contributed by atoms with Gasteiger partial charge in [0.1, 0.15) is 12.4 Å². The summed E-state index contributed by atoms with van der Waals surface area (Å²) in [5.74, 6) is 0.476. The molecular formula is C15H15BO3. The summed E-state index contributed by atoms with van der Waals surface area (Å²) in [6.45, 7) is 3.91. The van der Waals surface area contributed by atoms with Gasteiger partial charge in [-0.2, -0.15) is 0 Å². The van der Waals surface area contributed by atoms with Gasteiger partial charge in [0.2, 0.25) is 0 Å². The monoisotopic (exact) mass is 254 g/mol. The molecule has 96 valence electrons. The van der Waals surface area contributed by atoms with Crippen molar-refractivity contribution in [2.75, 3.05) is 6.61 Å². The third-order valence-electron chi connectivity index (χ3n) is 2.75. The van der Waals surface area contributed by atoms with Gasteiger partial charge in [-0.1, -0.05) is 61.2 Å². The molecule has 0 bridgehead atoms. The SMILES string of the molecule is C=CCOc1c(B(O)O)cccc1-c1ccccc1. The van der Waals surface area contributed by atoms with Crippen molar-refractivity contribution in [3.63, 3.8) is 0 Å². The van der Waals surface area contributed by atoms with Gasteiger partial charge in [0.25, 0.3) is 0 Å². The van der Waals surface area contributed by atoms with Crippen LogP contribution in [-0.4, -0.2) is 23.8 Å². The number of rotatable bonds is 5. The quantitative estimate of drug-likeness (QED) is 0.629. The van der Waals surface area contributed by atoms with E-state index in [2.05, 4.69) is 6.58 Å². The maximum absolute atomic E-state index is 9.42. The first-order valence-electron chi connectivity index (χ1n) is 6.02. The molecule has 0 saturated carbocycles. The Morgan fingerprint density at radius 1 is 1.05 bits per heavy atom. The predicted molar refractivity (Wildman–Crippen MR) is 77.4 cm³/mol. The topological polar surface area (TPSA) is 49.7 Å². The highest BCUT2D eigenvalue weighted by molar-refractivity contribution is 6.60. The van der Waals surface area contributed by atoms with Crippen LogP contribution >= 0.6 is 0 Å². The van der Waals surface area contributed by atoms with Gasteiger partial charge in [-0.15, -0.1) is 0 Å². The van der Waals surface area contributed by atoms with E-state index >= 15 is 0 Å². The lowest BCUT2D eigenvalue weighted by Crippen LogP contribution is -2.31. The Balaban J connectivity index is 2.53. The zero-order valence-electron chi connectivity index (χ0n) is 10.5. The lowest BCUT2D eigenvalue weighted by atomic mass is 9.78. The van der Waals surface area contributed by atoms with E-state index < -0.39 is 7.12 Å². The van der Waals surface area contributed by atoms with E-state index in [1.54, 1.807) is 18.2 Å². The zero-order valence-corrected chi connectivity index (χ0v) is 10.5. The van der Waals surface area contributed by atoms with Gasteiger partial charge in [0, 0.05) is 11.0 Å². The summed E-state index contributed by atoms with van der Waals surface area (Å²) in [7, 11) is -1.57. The normalized spacial score (nSPS) is 10.0. The molecule has 2 aromatic rings. The molecular weight excluding hydrogens is 239 g/mol. The highest BCUT2D eigenvalue weighted by atomic mass is 16.5. The molecule has 0 amide bonds. The van der Waals surface area contributed by atoms with Crippen LogP contribution in [0.5, 0.6) is 5.75 Å². The van der Waals surface area contributed by atoms with Crippen molar-refractivity contribution in [2.45, 2.75) is 0 Å². The molecule has 3 nitrogen and oxygen atoms in total. The fourth-order valence-corrected chi connectivity index (χ4v) is 1.91. The molecule has 0 aliphatic carbocycles. The van der Waals surface area contributed by atoms with Crippen molar-refractivity contribution in [3.05, 3.63) is 61.2 Å². The molecule has 0 heterocycles. The second-order valence-electron chi connectivity index (χ2n) is 4.06. The Hall–Kier alpha value is -2.04. The van der Waals surface area contributed by atoms with Gasteiger partial charge < -0.3 is 14.8 Å². The fourth-order valence-electron chi connectivity index (χ4n) is 1.91. The van der Waals surface area contributed by atoms with Crippen LogP contribution < -0.4 is 10.2 Å². The first kappa shape index (κ1) is 13.4. The summed E-state index contributed by atoms with van der Waals surface area (Å²) in [5, 5.41) is 18.8. The Labute approximate surface area is 112 Å². The van der Waals surface area contributed by atoms with Gasteiger partial charge in [-0.25, -0.2) is 0 Å². The van der Waals surface area contributed by atoms with Crippen molar-refractivity contribution >= 4 is 12.6 Å². The van der Waals surface area contributed by atoms with Gasteiger partial charge >= 0.3 is 7.12 Å². The number of hydrogen-bond acceptors (Lipinski definition) is 3. The van der Waals surface area contributed by atoms with Crippen molar-refractivity contribution in [1.29, 1.82) is 0 Å². The minimum Gasteiger partial charge on any atom is -0.489 e. The summed E-state index contributed by atoms with van der Waals surface area (Å²) in [6, 6.07) is 15.0. The third-order valence-corrected chi connectivity index (χ3v) is 2.75. The van der Waals surface area contributed by atoms with Crippen molar-refractivity contribution in [2.24, 2.45) is 0 Å². The van der Waals surface area contributed by atoms with E-state index in [0.717, 1.165) is 11.1 Å². The zero-order chi connectivity index (χ0) is 13.7. The van der Waals surface area contributed by atoms with Crippen LogP contribution in [0.3, 0.4) is 0 Å². The second-order valence-corrected chi connectivity index (χ2v) is 4.06. The molecule has 0 unspecified atom stereocenters. The van der Waals surface area contributed by atoms with Crippen LogP contribution in [-0.2, 0) is 0 Å². The lowest BCUT2D eigenvalue weighted by Gasteiger charge is -2.15. The largest absolute Gasteiger partial charge is 0.492 e. The van der Waals surface area contributed by atoms with Gasteiger partial charge in [0.05, 0.1) is 0 Å². The highest BCUT2D eigenvalue weighted by Crippen LogP contribution is 2.28. The molecule has 0 radical (unpaired) electrons. The average Bonchev–Trinajstić information content (AvgIpc) is 2.45. The second kappa shape index (κ2) is 6.23. The Kier molecular flexibility index (Phi) is 4.39. The molecule has 0 aliphatic rings. The summed E-state index contributed by atoms with van der Waals surface area (Å²) >= 11 is 0. The number of benzene rings is 2. The third kappa shape index (κ3) is 3.05. The molecule has 2 aromatic carbocycles. The number of para-hydroxylation sites is 1. The van der Waals surface area contributed by atoms with Gasteiger partial charge in [0.15, 0.2) is 0 Å². The molecule has 0 saturated heterocycles. The smallest absolute Gasteiger partial charge is 0.489 e. The minimum absolute atomic E-state index is 0.309. The Bertz CT molecular complexity index is 553. The van der Waals surface area contributed by atoms with Crippen LogP contribution in [0.2, 0.25) is 0 Å². The van der Waals surface area contributed by atoms with Crippen LogP contribution in [0.1, 0.15) is 0 Å². The molecule has 0 aliphatic heterocycles. The van der Waals surface area contributed by atoms with E-state index in [9.17, 15) is 10.0 Å². The average molecular weight is 254 g/mol. The minimum atomic E-state index is -1.57. The van der Waals surface area contributed by atoms with Crippen LogP contribution in [0.4, 0.5) is 0 Å². The lowest BCUT2D eigenvalue weighted by molar-refractivity contribution is 0.363. The van der Waals surface area contributed by atoms with Crippen LogP contribution in [0.15, 0.2) is 61.2 Å². The number of hydrogen-bond donors (Lipinski definition) is 2. The van der Waals surface area contributed by atoms with E-state index in [1.165, 1.54) is 0 Å². The first-order chi connectivity index (χ1) is 9.24. The number of ether oxygens (including phenoxy) is 1.